The molecule has 0 N–H and O–H groups in total. The summed E-state index contributed by atoms with van der Waals surface area (Å²) in [5, 5.41) is 0. The third-order valence-electron chi connectivity index (χ3n) is 2.46. The Morgan fingerprint density at radius 2 is 1.75 bits per heavy atom. The van der Waals surface area contributed by atoms with Crippen molar-refractivity contribution in [2.24, 2.45) is 0 Å². The Morgan fingerprint density at radius 1 is 1.15 bits per heavy atom. The SMILES string of the molecule is CCOc1ccc(OCC(=O)c2cc(Br)sc2Br)cc1. The Labute approximate surface area is 138 Å². The summed E-state index contributed by atoms with van der Waals surface area (Å²) >= 11 is 8.18. The molecule has 0 aliphatic heterocycles. The molecule has 0 saturated heterocycles. The molecule has 20 heavy (non-hydrogen) atoms. The third kappa shape index (κ3) is 4.07. The zero-order valence-electron chi connectivity index (χ0n) is 10.7. The number of carbonyl (C=O) groups excluding carboxylic acids is 1. The van der Waals surface area contributed by atoms with Crippen molar-refractivity contribution in [2.45, 2.75) is 6.92 Å². The smallest absolute Gasteiger partial charge is 0.202 e. The Bertz CT molecular complexity index is 593. The highest BCUT2D eigenvalue weighted by Gasteiger charge is 2.14. The molecule has 0 radical (unpaired) electrons. The molecule has 0 amide bonds. The van der Waals surface area contributed by atoms with Gasteiger partial charge in [-0.25, -0.2) is 0 Å². The number of halogens is 2. The highest BCUT2D eigenvalue weighted by Crippen LogP contribution is 2.32. The van der Waals surface area contributed by atoms with Crippen LogP contribution in [0.25, 0.3) is 0 Å². The van der Waals surface area contributed by atoms with Crippen molar-refractivity contribution in [3.05, 3.63) is 43.5 Å². The molecule has 1 aromatic carbocycles. The minimum Gasteiger partial charge on any atom is -0.494 e. The first-order valence-corrected chi connectivity index (χ1v) is 8.34. The monoisotopic (exact) mass is 418 g/mol. The van der Waals surface area contributed by atoms with Crippen molar-refractivity contribution < 1.29 is 14.3 Å². The lowest BCUT2D eigenvalue weighted by molar-refractivity contribution is 0.0921. The molecule has 0 fully saturated rings. The number of ether oxygens (including phenoxy) is 2. The fourth-order valence-electron chi connectivity index (χ4n) is 1.56. The summed E-state index contributed by atoms with van der Waals surface area (Å²) in [6.07, 6.45) is 0. The topological polar surface area (TPSA) is 35.5 Å². The summed E-state index contributed by atoms with van der Waals surface area (Å²) in [5.74, 6) is 1.37. The van der Waals surface area contributed by atoms with Gasteiger partial charge >= 0.3 is 0 Å². The van der Waals surface area contributed by atoms with Gasteiger partial charge in [-0.05, 0) is 69.1 Å². The summed E-state index contributed by atoms with van der Waals surface area (Å²) in [5.41, 5.74) is 0.632. The third-order valence-corrected chi connectivity index (χ3v) is 4.80. The van der Waals surface area contributed by atoms with E-state index in [4.69, 9.17) is 9.47 Å². The number of ketones is 1. The lowest BCUT2D eigenvalue weighted by atomic mass is 10.2. The van der Waals surface area contributed by atoms with Gasteiger partial charge in [-0.1, -0.05) is 0 Å². The number of thiophene rings is 1. The lowest BCUT2D eigenvalue weighted by Gasteiger charge is -2.07. The number of hydrogen-bond donors (Lipinski definition) is 0. The van der Waals surface area contributed by atoms with E-state index >= 15 is 0 Å². The summed E-state index contributed by atoms with van der Waals surface area (Å²) in [7, 11) is 0. The maximum atomic E-state index is 12.0. The van der Waals surface area contributed by atoms with E-state index in [1.165, 1.54) is 11.3 Å². The van der Waals surface area contributed by atoms with Crippen LogP contribution in [0.4, 0.5) is 0 Å². The molecule has 3 nitrogen and oxygen atoms in total. The van der Waals surface area contributed by atoms with Crippen molar-refractivity contribution in [3.63, 3.8) is 0 Å². The molecular formula is C14H12Br2O3S. The largest absolute Gasteiger partial charge is 0.494 e. The van der Waals surface area contributed by atoms with Crippen molar-refractivity contribution in [1.29, 1.82) is 0 Å². The van der Waals surface area contributed by atoms with E-state index in [1.807, 2.05) is 19.1 Å². The van der Waals surface area contributed by atoms with Crippen molar-refractivity contribution in [1.82, 2.24) is 0 Å². The van der Waals surface area contributed by atoms with Gasteiger partial charge in [0.15, 0.2) is 6.61 Å². The van der Waals surface area contributed by atoms with Crippen LogP contribution in [0.5, 0.6) is 11.5 Å². The van der Waals surface area contributed by atoms with E-state index in [2.05, 4.69) is 31.9 Å². The second kappa shape index (κ2) is 7.24. The fourth-order valence-corrected chi connectivity index (χ4v) is 4.41. The molecule has 0 aliphatic rings. The molecule has 106 valence electrons. The summed E-state index contributed by atoms with van der Waals surface area (Å²) in [6.45, 7) is 2.56. The average Bonchev–Trinajstić information content (AvgIpc) is 2.77. The molecule has 2 aromatic rings. The Morgan fingerprint density at radius 3 is 2.25 bits per heavy atom. The van der Waals surface area contributed by atoms with E-state index < -0.39 is 0 Å². The van der Waals surface area contributed by atoms with Crippen molar-refractivity contribution >= 4 is 49.0 Å². The van der Waals surface area contributed by atoms with E-state index in [0.717, 1.165) is 13.3 Å². The van der Waals surface area contributed by atoms with Crippen LogP contribution in [-0.2, 0) is 0 Å². The van der Waals surface area contributed by atoms with Gasteiger partial charge in [-0.15, -0.1) is 11.3 Å². The van der Waals surface area contributed by atoms with Gasteiger partial charge in [0.05, 0.1) is 14.2 Å². The van der Waals surface area contributed by atoms with Gasteiger partial charge in [-0.3, -0.25) is 4.79 Å². The zero-order valence-corrected chi connectivity index (χ0v) is 14.7. The van der Waals surface area contributed by atoms with Gasteiger partial charge in [0.25, 0.3) is 0 Å². The molecule has 0 spiro atoms. The van der Waals surface area contributed by atoms with Gasteiger partial charge in [0, 0.05) is 5.56 Å². The Kier molecular flexibility index (Phi) is 5.63. The Balaban J connectivity index is 1.94. The van der Waals surface area contributed by atoms with Gasteiger partial charge < -0.3 is 9.47 Å². The van der Waals surface area contributed by atoms with Crippen molar-refractivity contribution in [2.75, 3.05) is 13.2 Å². The standard InChI is InChI=1S/C14H12Br2O3S/c1-2-18-9-3-5-10(6-4-9)19-8-12(17)11-7-13(15)20-14(11)16/h3-7H,2,8H2,1H3. The van der Waals surface area contributed by atoms with Crippen LogP contribution in [0.3, 0.4) is 0 Å². The van der Waals surface area contributed by atoms with Crippen LogP contribution in [0.15, 0.2) is 37.9 Å². The number of benzene rings is 1. The summed E-state index contributed by atoms with van der Waals surface area (Å²) in [4.78, 5) is 12.0. The van der Waals surface area contributed by atoms with Crippen LogP contribution in [0, 0.1) is 0 Å². The Hall–Kier alpha value is -0.850. The zero-order chi connectivity index (χ0) is 14.5. The molecule has 1 aromatic heterocycles. The lowest BCUT2D eigenvalue weighted by Crippen LogP contribution is -2.11. The highest BCUT2D eigenvalue weighted by molar-refractivity contribution is 9.12. The number of rotatable bonds is 6. The van der Waals surface area contributed by atoms with E-state index in [9.17, 15) is 4.79 Å². The predicted molar refractivity (Wildman–Crippen MR) is 87.2 cm³/mol. The number of carbonyl (C=O) groups is 1. The first-order chi connectivity index (χ1) is 9.60. The van der Waals surface area contributed by atoms with Crippen LogP contribution >= 0.6 is 43.2 Å². The maximum absolute atomic E-state index is 12.0. The van der Waals surface area contributed by atoms with Crippen LogP contribution in [-0.4, -0.2) is 19.0 Å². The molecule has 6 heteroatoms. The van der Waals surface area contributed by atoms with Gasteiger partial charge in [-0.2, -0.15) is 0 Å². The van der Waals surface area contributed by atoms with Crippen LogP contribution in [0.1, 0.15) is 17.3 Å². The van der Waals surface area contributed by atoms with E-state index in [1.54, 1.807) is 18.2 Å². The molecule has 1 heterocycles. The van der Waals surface area contributed by atoms with Gasteiger partial charge in [0.2, 0.25) is 5.78 Å². The average molecular weight is 420 g/mol. The quantitative estimate of drug-likeness (QED) is 0.622. The second-order valence-electron chi connectivity index (χ2n) is 3.85. The number of hydrogen-bond acceptors (Lipinski definition) is 4. The first-order valence-electron chi connectivity index (χ1n) is 5.94. The van der Waals surface area contributed by atoms with Crippen LogP contribution < -0.4 is 9.47 Å². The normalized spacial score (nSPS) is 10.3. The number of Topliss-reactive ketones (excluding diaryl/α,β-unsaturated/α-hetero) is 1. The van der Waals surface area contributed by atoms with E-state index in [-0.39, 0.29) is 12.4 Å². The molecule has 0 bridgehead atoms. The summed E-state index contributed by atoms with van der Waals surface area (Å²) < 4.78 is 12.5. The molecular weight excluding hydrogens is 408 g/mol. The molecule has 0 aliphatic carbocycles. The van der Waals surface area contributed by atoms with Crippen molar-refractivity contribution in [3.8, 4) is 11.5 Å². The maximum Gasteiger partial charge on any atom is 0.202 e. The molecule has 0 saturated carbocycles. The van der Waals surface area contributed by atoms with E-state index in [0.29, 0.717) is 17.9 Å². The first kappa shape index (κ1) is 15.5. The van der Waals surface area contributed by atoms with Gasteiger partial charge in [0.1, 0.15) is 11.5 Å². The molecule has 0 unspecified atom stereocenters. The predicted octanol–water partition coefficient (Wildman–Crippen LogP) is 4.93. The summed E-state index contributed by atoms with van der Waals surface area (Å²) in [6, 6.07) is 9.01. The fraction of sp³-hybridized carbons (Fsp3) is 0.214. The second-order valence-corrected chi connectivity index (χ2v) is 7.60. The molecule has 2 rings (SSSR count). The minimum absolute atomic E-state index is 0.00968. The molecule has 0 atom stereocenters. The highest BCUT2D eigenvalue weighted by atomic mass is 79.9. The minimum atomic E-state index is -0.0623. The van der Waals surface area contributed by atoms with Crippen LogP contribution in [0.2, 0.25) is 0 Å².